The summed E-state index contributed by atoms with van der Waals surface area (Å²) in [6.45, 7) is 4.79. The minimum atomic E-state index is -0.495. The summed E-state index contributed by atoms with van der Waals surface area (Å²) in [6.07, 6.45) is 3.32. The maximum atomic E-state index is 11.0. The molecule has 0 aliphatic heterocycles. The van der Waals surface area contributed by atoms with Crippen molar-refractivity contribution < 1.29 is 19.1 Å². The zero-order chi connectivity index (χ0) is 11.5. The van der Waals surface area contributed by atoms with Crippen molar-refractivity contribution in [2.24, 2.45) is 0 Å². The largest absolute Gasteiger partial charge is 0.465 e. The van der Waals surface area contributed by atoms with Crippen LogP contribution in [0.2, 0.25) is 0 Å². The van der Waals surface area contributed by atoms with Gasteiger partial charge in [0.25, 0.3) is 0 Å². The molecule has 5 heteroatoms. The summed E-state index contributed by atoms with van der Waals surface area (Å²) >= 11 is 0. The van der Waals surface area contributed by atoms with Gasteiger partial charge in [0.15, 0.2) is 0 Å². The van der Waals surface area contributed by atoms with E-state index >= 15 is 0 Å². The normalized spacial score (nSPS) is 9.12. The molecule has 0 aliphatic rings. The molecule has 16 heavy (non-hydrogen) atoms. The van der Waals surface area contributed by atoms with Crippen molar-refractivity contribution in [3.63, 3.8) is 0 Å². The Kier molecular flexibility index (Phi) is 16.1. The van der Waals surface area contributed by atoms with Crippen LogP contribution in [0, 0.1) is 0 Å². The molecule has 0 N–H and O–H groups in total. The molecule has 4 nitrogen and oxygen atoms in total. The van der Waals surface area contributed by atoms with E-state index in [-0.39, 0.29) is 57.8 Å². The van der Waals surface area contributed by atoms with Crippen molar-refractivity contribution in [2.45, 2.75) is 46.0 Å². The van der Waals surface area contributed by atoms with Crippen LogP contribution in [0.3, 0.4) is 0 Å². The van der Waals surface area contributed by atoms with Gasteiger partial charge in [-0.3, -0.25) is 9.59 Å². The first-order chi connectivity index (χ1) is 7.20. The molecule has 0 aromatic carbocycles. The topological polar surface area (TPSA) is 52.6 Å². The smallest absolute Gasteiger partial charge is 0.317 e. The van der Waals surface area contributed by atoms with Crippen molar-refractivity contribution in [1.82, 2.24) is 0 Å². The third kappa shape index (κ3) is 12.6. The Labute approximate surface area is 140 Å². The number of hydrogen-bond donors (Lipinski definition) is 0. The quantitative estimate of drug-likeness (QED) is 0.287. The Bertz CT molecular complexity index is 174. The predicted octanol–water partition coefficient (Wildman–Crippen LogP) is 1.68. The second-order valence-electron chi connectivity index (χ2n) is 3.32. The number of esters is 2. The van der Waals surface area contributed by atoms with Crippen LogP contribution in [0.1, 0.15) is 46.0 Å². The molecule has 0 aromatic rings. The monoisotopic (exact) mass is 255 g/mol. The molecule has 0 bridgehead atoms. The molecule has 0 aliphatic carbocycles. The third-order valence-electron chi connectivity index (χ3n) is 1.81. The Morgan fingerprint density at radius 2 is 1.25 bits per heavy atom. The molecule has 0 saturated carbocycles. The SMILES string of the molecule is CCCCOC(=O)CC(=O)OCCCC.[K]. The second kappa shape index (κ2) is 13.6. The number of unbranched alkanes of at least 4 members (excludes halogenated alkanes) is 2. The first kappa shape index (κ1) is 18.9. The van der Waals surface area contributed by atoms with Gasteiger partial charge in [0.05, 0.1) is 13.2 Å². The molecule has 0 atom stereocenters. The van der Waals surface area contributed by atoms with E-state index in [9.17, 15) is 9.59 Å². The maximum Gasteiger partial charge on any atom is 0.317 e. The fourth-order valence-electron chi connectivity index (χ4n) is 0.881. The second-order valence-corrected chi connectivity index (χ2v) is 3.32. The predicted molar refractivity (Wildman–Crippen MR) is 62.1 cm³/mol. The summed E-state index contributed by atoms with van der Waals surface area (Å²) in [7, 11) is 0. The van der Waals surface area contributed by atoms with E-state index in [4.69, 9.17) is 9.47 Å². The molecule has 0 spiro atoms. The fourth-order valence-corrected chi connectivity index (χ4v) is 0.881. The molecule has 1 radical (unpaired) electrons. The van der Waals surface area contributed by atoms with Crippen LogP contribution in [-0.4, -0.2) is 76.5 Å². The van der Waals surface area contributed by atoms with E-state index in [1.54, 1.807) is 0 Å². The Balaban J connectivity index is 0. The van der Waals surface area contributed by atoms with Crippen LogP contribution in [0.4, 0.5) is 0 Å². The standard InChI is InChI=1S/C11H20O4.K/c1-3-5-7-14-10(12)9-11(13)15-8-6-4-2;/h3-9H2,1-2H3;. The zero-order valence-corrected chi connectivity index (χ0v) is 13.7. The summed E-state index contributed by atoms with van der Waals surface area (Å²) in [5.41, 5.74) is 0. The molecular weight excluding hydrogens is 235 g/mol. The number of rotatable bonds is 8. The molecule has 0 rings (SSSR count). The van der Waals surface area contributed by atoms with Gasteiger partial charge >= 0.3 is 11.9 Å². The van der Waals surface area contributed by atoms with Gasteiger partial charge in [0.2, 0.25) is 0 Å². The molecular formula is C11H20KO4. The van der Waals surface area contributed by atoms with Crippen LogP contribution in [0.5, 0.6) is 0 Å². The van der Waals surface area contributed by atoms with E-state index in [0.717, 1.165) is 25.7 Å². The molecule has 0 heterocycles. The van der Waals surface area contributed by atoms with Crippen LogP contribution >= 0.6 is 0 Å². The molecule has 0 aromatic heterocycles. The summed E-state index contributed by atoms with van der Waals surface area (Å²) < 4.78 is 9.64. The number of carbonyl (C=O) groups is 2. The van der Waals surface area contributed by atoms with E-state index in [2.05, 4.69) is 0 Å². The summed E-state index contributed by atoms with van der Waals surface area (Å²) in [5, 5.41) is 0. The average Bonchev–Trinajstić information content (AvgIpc) is 2.18. The molecule has 0 unspecified atom stereocenters. The van der Waals surface area contributed by atoms with Crippen molar-refractivity contribution in [3.05, 3.63) is 0 Å². The van der Waals surface area contributed by atoms with Gasteiger partial charge in [0, 0.05) is 51.4 Å². The van der Waals surface area contributed by atoms with Gasteiger partial charge < -0.3 is 9.47 Å². The van der Waals surface area contributed by atoms with Crippen molar-refractivity contribution in [2.75, 3.05) is 13.2 Å². The van der Waals surface area contributed by atoms with Crippen molar-refractivity contribution >= 4 is 63.3 Å². The van der Waals surface area contributed by atoms with Crippen LogP contribution in [0.25, 0.3) is 0 Å². The zero-order valence-electron chi connectivity index (χ0n) is 10.6. The van der Waals surface area contributed by atoms with Crippen LogP contribution in [0.15, 0.2) is 0 Å². The van der Waals surface area contributed by atoms with Gasteiger partial charge in [-0.25, -0.2) is 0 Å². The van der Waals surface area contributed by atoms with E-state index in [1.165, 1.54) is 0 Å². The van der Waals surface area contributed by atoms with Gasteiger partial charge in [-0.05, 0) is 12.8 Å². The van der Waals surface area contributed by atoms with Gasteiger partial charge in [-0.15, -0.1) is 0 Å². The van der Waals surface area contributed by atoms with Crippen LogP contribution in [-0.2, 0) is 19.1 Å². The number of ether oxygens (including phenoxy) is 2. The van der Waals surface area contributed by atoms with Crippen LogP contribution < -0.4 is 0 Å². The average molecular weight is 255 g/mol. The molecule has 0 saturated heterocycles. The number of carbonyl (C=O) groups excluding carboxylic acids is 2. The van der Waals surface area contributed by atoms with Gasteiger partial charge in [-0.1, -0.05) is 26.7 Å². The first-order valence-electron chi connectivity index (χ1n) is 5.52. The van der Waals surface area contributed by atoms with Gasteiger partial charge in [-0.2, -0.15) is 0 Å². The Morgan fingerprint density at radius 1 is 0.875 bits per heavy atom. The van der Waals surface area contributed by atoms with E-state index in [0.29, 0.717) is 13.2 Å². The van der Waals surface area contributed by atoms with Gasteiger partial charge in [0.1, 0.15) is 6.42 Å². The Hall–Kier alpha value is 0.576. The van der Waals surface area contributed by atoms with E-state index < -0.39 is 11.9 Å². The minimum Gasteiger partial charge on any atom is -0.465 e. The van der Waals surface area contributed by atoms with E-state index in [1.807, 2.05) is 13.8 Å². The molecule has 0 amide bonds. The fraction of sp³-hybridized carbons (Fsp3) is 0.818. The minimum absolute atomic E-state index is 0. The molecule has 0 fully saturated rings. The first-order valence-corrected chi connectivity index (χ1v) is 5.52. The Morgan fingerprint density at radius 3 is 1.56 bits per heavy atom. The van der Waals surface area contributed by atoms with Crippen molar-refractivity contribution in [3.8, 4) is 0 Å². The summed E-state index contributed by atoms with van der Waals surface area (Å²) in [4.78, 5) is 22.1. The van der Waals surface area contributed by atoms with Crippen molar-refractivity contribution in [1.29, 1.82) is 0 Å². The summed E-state index contributed by atoms with van der Waals surface area (Å²) in [5.74, 6) is -0.991. The maximum absolute atomic E-state index is 11.0. The summed E-state index contributed by atoms with van der Waals surface area (Å²) in [6, 6.07) is 0. The number of hydrogen-bond acceptors (Lipinski definition) is 4. The third-order valence-corrected chi connectivity index (χ3v) is 1.81. The molecule has 89 valence electrons.